The second-order valence-electron chi connectivity index (χ2n) is 3.86. The van der Waals surface area contributed by atoms with Crippen molar-refractivity contribution in [2.24, 2.45) is 0 Å². The third-order valence-corrected chi connectivity index (χ3v) is 3.89. The Labute approximate surface area is 131 Å². The first-order valence-corrected chi connectivity index (χ1v) is 7.07. The van der Waals surface area contributed by atoms with E-state index in [2.05, 4.69) is 37.2 Å². The number of anilines is 1. The van der Waals surface area contributed by atoms with Gasteiger partial charge in [-0.1, -0.05) is 12.1 Å². The fourth-order valence-electron chi connectivity index (χ4n) is 1.55. The number of amides is 1. The average Bonchev–Trinajstić information content (AvgIpc) is 2.41. The predicted molar refractivity (Wildman–Crippen MR) is 82.9 cm³/mol. The first kappa shape index (κ1) is 14.7. The minimum atomic E-state index is -0.542. The summed E-state index contributed by atoms with van der Waals surface area (Å²) in [6.45, 7) is 0. The molecule has 1 amide bonds. The molecule has 0 heterocycles. The standard InChI is InChI=1S/C13H8Br2N2O3/c14-9-3-1-2-4-11(9)16-13(18)8-5-6-10(15)12(7-8)17(19)20/h1-7H,(H,16,18). The highest BCUT2D eigenvalue weighted by atomic mass is 79.9. The van der Waals surface area contributed by atoms with Crippen molar-refractivity contribution >= 4 is 49.1 Å². The first-order chi connectivity index (χ1) is 9.49. The van der Waals surface area contributed by atoms with Gasteiger partial charge in [-0.3, -0.25) is 14.9 Å². The Balaban J connectivity index is 2.28. The van der Waals surface area contributed by atoms with Crippen LogP contribution in [0.2, 0.25) is 0 Å². The summed E-state index contributed by atoms with van der Waals surface area (Å²) in [7, 11) is 0. The van der Waals surface area contributed by atoms with Gasteiger partial charge in [-0.15, -0.1) is 0 Å². The van der Waals surface area contributed by atoms with Crippen molar-refractivity contribution in [3.05, 3.63) is 67.1 Å². The Morgan fingerprint density at radius 1 is 1.10 bits per heavy atom. The second kappa shape index (κ2) is 6.15. The van der Waals surface area contributed by atoms with Crippen LogP contribution >= 0.6 is 31.9 Å². The summed E-state index contributed by atoms with van der Waals surface area (Å²) in [6.07, 6.45) is 0. The molecule has 102 valence electrons. The average molecular weight is 400 g/mol. The zero-order chi connectivity index (χ0) is 14.7. The minimum absolute atomic E-state index is 0.148. The number of halogens is 2. The summed E-state index contributed by atoms with van der Waals surface area (Å²) in [6, 6.07) is 11.4. The molecular formula is C13H8Br2N2O3. The summed E-state index contributed by atoms with van der Waals surface area (Å²) in [5, 5.41) is 13.5. The Kier molecular flexibility index (Phi) is 4.51. The number of nitro benzene ring substituents is 1. The topological polar surface area (TPSA) is 72.2 Å². The van der Waals surface area contributed by atoms with Crippen LogP contribution in [0.3, 0.4) is 0 Å². The summed E-state index contributed by atoms with van der Waals surface area (Å²) in [4.78, 5) is 22.4. The van der Waals surface area contributed by atoms with Crippen molar-refractivity contribution in [3.8, 4) is 0 Å². The molecule has 1 N–H and O–H groups in total. The van der Waals surface area contributed by atoms with E-state index in [1.807, 2.05) is 6.07 Å². The summed E-state index contributed by atoms with van der Waals surface area (Å²) >= 11 is 6.39. The van der Waals surface area contributed by atoms with Crippen LogP contribution in [0.25, 0.3) is 0 Å². The van der Waals surface area contributed by atoms with E-state index in [0.29, 0.717) is 10.2 Å². The molecule has 2 rings (SSSR count). The highest BCUT2D eigenvalue weighted by Crippen LogP contribution is 2.27. The van der Waals surface area contributed by atoms with Gasteiger partial charge in [0.25, 0.3) is 11.6 Å². The van der Waals surface area contributed by atoms with Crippen molar-refractivity contribution in [1.82, 2.24) is 0 Å². The molecule has 0 aromatic heterocycles. The van der Waals surface area contributed by atoms with Gasteiger partial charge in [0.2, 0.25) is 0 Å². The van der Waals surface area contributed by atoms with Gasteiger partial charge in [-0.2, -0.15) is 0 Å². The minimum Gasteiger partial charge on any atom is -0.321 e. The van der Waals surface area contributed by atoms with Crippen molar-refractivity contribution in [1.29, 1.82) is 0 Å². The molecule has 0 unspecified atom stereocenters. The molecule has 0 spiro atoms. The maximum Gasteiger partial charge on any atom is 0.284 e. The van der Waals surface area contributed by atoms with Crippen LogP contribution in [-0.2, 0) is 0 Å². The van der Waals surface area contributed by atoms with Crippen LogP contribution in [0.15, 0.2) is 51.4 Å². The molecule has 2 aromatic carbocycles. The molecule has 0 atom stereocenters. The number of nitrogens with zero attached hydrogens (tertiary/aromatic N) is 1. The zero-order valence-electron chi connectivity index (χ0n) is 9.97. The van der Waals surface area contributed by atoms with Crippen molar-refractivity contribution in [2.45, 2.75) is 0 Å². The van der Waals surface area contributed by atoms with Gasteiger partial charge in [0.15, 0.2) is 0 Å². The molecular weight excluding hydrogens is 392 g/mol. The number of hydrogen-bond donors (Lipinski definition) is 1. The summed E-state index contributed by atoms with van der Waals surface area (Å²) < 4.78 is 1.07. The van der Waals surface area contributed by atoms with Crippen LogP contribution in [0.4, 0.5) is 11.4 Å². The van der Waals surface area contributed by atoms with E-state index >= 15 is 0 Å². The highest BCUT2D eigenvalue weighted by molar-refractivity contribution is 9.11. The van der Waals surface area contributed by atoms with Gasteiger partial charge in [0, 0.05) is 16.1 Å². The van der Waals surface area contributed by atoms with Gasteiger partial charge >= 0.3 is 0 Å². The monoisotopic (exact) mass is 398 g/mol. The number of hydrogen-bond acceptors (Lipinski definition) is 3. The van der Waals surface area contributed by atoms with E-state index in [0.717, 1.165) is 4.47 Å². The molecule has 2 aromatic rings. The lowest BCUT2D eigenvalue weighted by molar-refractivity contribution is -0.385. The van der Waals surface area contributed by atoms with Gasteiger partial charge in [0.05, 0.1) is 15.1 Å². The van der Waals surface area contributed by atoms with E-state index in [-0.39, 0.29) is 11.3 Å². The van der Waals surface area contributed by atoms with Gasteiger partial charge in [-0.25, -0.2) is 0 Å². The second-order valence-corrected chi connectivity index (χ2v) is 5.57. The summed E-state index contributed by atoms with van der Waals surface area (Å²) in [5.41, 5.74) is 0.670. The lowest BCUT2D eigenvalue weighted by Crippen LogP contribution is -2.12. The molecule has 0 bridgehead atoms. The number of carbonyl (C=O) groups is 1. The first-order valence-electron chi connectivity index (χ1n) is 5.49. The molecule has 5 nitrogen and oxygen atoms in total. The van der Waals surface area contributed by atoms with Crippen LogP contribution in [0, 0.1) is 10.1 Å². The molecule has 7 heteroatoms. The van der Waals surface area contributed by atoms with Crippen LogP contribution < -0.4 is 5.32 Å². The fourth-order valence-corrected chi connectivity index (χ4v) is 2.33. The fraction of sp³-hybridized carbons (Fsp3) is 0. The Hall–Kier alpha value is -1.73. The Morgan fingerprint density at radius 3 is 2.45 bits per heavy atom. The molecule has 0 radical (unpaired) electrons. The Morgan fingerprint density at radius 2 is 1.80 bits per heavy atom. The molecule has 0 saturated carbocycles. The maximum absolute atomic E-state index is 12.1. The number of nitro groups is 1. The third-order valence-electron chi connectivity index (χ3n) is 2.53. The van der Waals surface area contributed by atoms with Crippen LogP contribution in [0.5, 0.6) is 0 Å². The molecule has 0 aliphatic rings. The number of rotatable bonds is 3. The largest absolute Gasteiger partial charge is 0.321 e. The van der Waals surface area contributed by atoms with E-state index in [4.69, 9.17) is 0 Å². The van der Waals surface area contributed by atoms with E-state index in [1.54, 1.807) is 18.2 Å². The van der Waals surface area contributed by atoms with Crippen LogP contribution in [-0.4, -0.2) is 10.8 Å². The summed E-state index contributed by atoms with van der Waals surface area (Å²) in [5.74, 6) is -0.410. The van der Waals surface area contributed by atoms with E-state index in [9.17, 15) is 14.9 Å². The van der Waals surface area contributed by atoms with Crippen molar-refractivity contribution in [3.63, 3.8) is 0 Å². The SMILES string of the molecule is O=C(Nc1ccccc1Br)c1ccc(Br)c([N+](=O)[O-])c1. The molecule has 0 fully saturated rings. The number of benzene rings is 2. The molecule has 0 aliphatic carbocycles. The number of nitrogens with one attached hydrogen (secondary N) is 1. The predicted octanol–water partition coefficient (Wildman–Crippen LogP) is 4.37. The smallest absolute Gasteiger partial charge is 0.284 e. The van der Waals surface area contributed by atoms with Gasteiger partial charge in [0.1, 0.15) is 0 Å². The van der Waals surface area contributed by atoms with Crippen molar-refractivity contribution in [2.75, 3.05) is 5.32 Å². The normalized spacial score (nSPS) is 10.1. The lowest BCUT2D eigenvalue weighted by atomic mass is 10.2. The van der Waals surface area contributed by atoms with E-state index in [1.165, 1.54) is 18.2 Å². The quantitative estimate of drug-likeness (QED) is 0.615. The zero-order valence-corrected chi connectivity index (χ0v) is 13.1. The molecule has 20 heavy (non-hydrogen) atoms. The van der Waals surface area contributed by atoms with E-state index < -0.39 is 10.8 Å². The van der Waals surface area contributed by atoms with Crippen LogP contribution in [0.1, 0.15) is 10.4 Å². The third kappa shape index (κ3) is 3.23. The van der Waals surface area contributed by atoms with Gasteiger partial charge in [-0.05, 0) is 56.1 Å². The number of para-hydroxylation sites is 1. The molecule has 0 aliphatic heterocycles. The highest BCUT2D eigenvalue weighted by Gasteiger charge is 2.16. The molecule has 0 saturated heterocycles. The maximum atomic E-state index is 12.1. The van der Waals surface area contributed by atoms with Gasteiger partial charge < -0.3 is 5.32 Å². The van der Waals surface area contributed by atoms with Crippen molar-refractivity contribution < 1.29 is 9.72 Å². The lowest BCUT2D eigenvalue weighted by Gasteiger charge is -2.07. The number of carbonyl (C=O) groups excluding carboxylic acids is 1. The Bertz CT molecular complexity index is 689.